The Bertz CT molecular complexity index is 473. The minimum Gasteiger partial charge on any atom is -0.496 e. The van der Waals surface area contributed by atoms with Gasteiger partial charge >= 0.3 is 0 Å². The third-order valence-electron chi connectivity index (χ3n) is 3.08. The summed E-state index contributed by atoms with van der Waals surface area (Å²) in [5.41, 5.74) is 6.52. The molecule has 2 amide bonds. The summed E-state index contributed by atoms with van der Waals surface area (Å²) in [6, 6.07) is 6.88. The summed E-state index contributed by atoms with van der Waals surface area (Å²) >= 11 is 0. The maximum Gasteiger partial charge on any atom is 0.246 e. The number of imide groups is 1. The molecule has 1 aromatic rings. The Balaban J connectivity index is 2.04. The van der Waals surface area contributed by atoms with E-state index in [4.69, 9.17) is 10.5 Å². The van der Waals surface area contributed by atoms with Crippen LogP contribution < -0.4 is 10.5 Å². The number of hydrogen-bond donors (Lipinski definition) is 1. The van der Waals surface area contributed by atoms with Crippen LogP contribution in [0.2, 0.25) is 0 Å². The lowest BCUT2D eigenvalue weighted by molar-refractivity contribution is -0.138. The highest BCUT2D eigenvalue weighted by Crippen LogP contribution is 2.19. The zero-order valence-electron chi connectivity index (χ0n) is 10.3. The first kappa shape index (κ1) is 12.6. The van der Waals surface area contributed by atoms with Crippen molar-refractivity contribution in [1.82, 2.24) is 4.90 Å². The van der Waals surface area contributed by atoms with E-state index >= 15 is 0 Å². The van der Waals surface area contributed by atoms with Gasteiger partial charge in [-0.25, -0.2) is 0 Å². The van der Waals surface area contributed by atoms with Crippen molar-refractivity contribution in [2.24, 2.45) is 5.73 Å². The second-order valence-corrected chi connectivity index (χ2v) is 4.26. The van der Waals surface area contributed by atoms with Crippen LogP contribution in [0.25, 0.3) is 0 Å². The monoisotopic (exact) mass is 248 g/mol. The number of carbonyl (C=O) groups excluding carboxylic acids is 2. The summed E-state index contributed by atoms with van der Waals surface area (Å²) in [4.78, 5) is 24.4. The van der Waals surface area contributed by atoms with Crippen molar-refractivity contribution >= 4 is 11.8 Å². The Morgan fingerprint density at radius 1 is 1.39 bits per heavy atom. The van der Waals surface area contributed by atoms with Gasteiger partial charge in [-0.3, -0.25) is 14.5 Å². The molecule has 96 valence electrons. The van der Waals surface area contributed by atoms with E-state index in [0.717, 1.165) is 11.3 Å². The zero-order chi connectivity index (χ0) is 13.1. The largest absolute Gasteiger partial charge is 0.496 e. The van der Waals surface area contributed by atoms with Gasteiger partial charge in [-0.2, -0.15) is 0 Å². The van der Waals surface area contributed by atoms with Gasteiger partial charge in [-0.05, 0) is 18.1 Å². The molecule has 1 aromatic carbocycles. The van der Waals surface area contributed by atoms with Crippen molar-refractivity contribution in [3.8, 4) is 5.75 Å². The van der Waals surface area contributed by atoms with Crippen LogP contribution >= 0.6 is 0 Å². The van der Waals surface area contributed by atoms with Crippen LogP contribution in [0, 0.1) is 0 Å². The molecule has 1 heterocycles. The average molecular weight is 248 g/mol. The highest BCUT2D eigenvalue weighted by Gasteiger charge is 2.35. The summed E-state index contributed by atoms with van der Waals surface area (Å²) < 4.78 is 5.22. The van der Waals surface area contributed by atoms with Gasteiger partial charge in [-0.15, -0.1) is 0 Å². The summed E-state index contributed by atoms with van der Waals surface area (Å²) in [7, 11) is 1.60. The van der Waals surface area contributed by atoms with Gasteiger partial charge in [-0.1, -0.05) is 18.2 Å². The third kappa shape index (κ3) is 2.36. The van der Waals surface area contributed by atoms with E-state index in [1.54, 1.807) is 7.11 Å². The molecule has 0 aromatic heterocycles. The molecule has 5 nitrogen and oxygen atoms in total. The predicted octanol–water partition coefficient (Wildman–Crippen LogP) is 0.324. The lowest BCUT2D eigenvalue weighted by Crippen LogP contribution is -2.36. The van der Waals surface area contributed by atoms with Crippen molar-refractivity contribution in [2.75, 3.05) is 13.7 Å². The van der Waals surface area contributed by atoms with E-state index < -0.39 is 6.04 Å². The first-order chi connectivity index (χ1) is 8.63. The second kappa shape index (κ2) is 5.18. The SMILES string of the molecule is COc1ccccc1CCN1C(=O)CC(N)C1=O. The van der Waals surface area contributed by atoms with Gasteiger partial charge in [0.25, 0.3) is 0 Å². The molecular formula is C13H16N2O3. The molecule has 1 aliphatic rings. The Morgan fingerprint density at radius 2 is 2.11 bits per heavy atom. The summed E-state index contributed by atoms with van der Waals surface area (Å²) in [5, 5.41) is 0. The summed E-state index contributed by atoms with van der Waals surface area (Å²) in [6.45, 7) is 0.353. The molecule has 1 aliphatic heterocycles. The van der Waals surface area contributed by atoms with Gasteiger partial charge in [0.15, 0.2) is 0 Å². The van der Waals surface area contributed by atoms with E-state index in [1.807, 2.05) is 24.3 Å². The highest BCUT2D eigenvalue weighted by atomic mass is 16.5. The molecular weight excluding hydrogens is 232 g/mol. The molecule has 1 fully saturated rings. The number of para-hydroxylation sites is 1. The second-order valence-electron chi connectivity index (χ2n) is 4.26. The fourth-order valence-corrected chi connectivity index (χ4v) is 2.09. The van der Waals surface area contributed by atoms with Crippen molar-refractivity contribution in [3.63, 3.8) is 0 Å². The van der Waals surface area contributed by atoms with E-state index in [1.165, 1.54) is 4.90 Å². The van der Waals surface area contributed by atoms with Crippen LogP contribution in [0.5, 0.6) is 5.75 Å². The lowest BCUT2D eigenvalue weighted by Gasteiger charge is -2.15. The minimum atomic E-state index is -0.671. The van der Waals surface area contributed by atoms with Crippen molar-refractivity contribution in [3.05, 3.63) is 29.8 Å². The maximum absolute atomic E-state index is 11.6. The normalized spacial score (nSPS) is 19.4. The smallest absolute Gasteiger partial charge is 0.246 e. The molecule has 18 heavy (non-hydrogen) atoms. The Kier molecular flexibility index (Phi) is 3.62. The van der Waals surface area contributed by atoms with E-state index in [2.05, 4.69) is 0 Å². The van der Waals surface area contributed by atoms with Crippen molar-refractivity contribution in [2.45, 2.75) is 18.9 Å². The van der Waals surface area contributed by atoms with Gasteiger partial charge in [0, 0.05) is 6.54 Å². The molecule has 0 aliphatic carbocycles. The molecule has 0 radical (unpaired) electrons. The number of hydrogen-bond acceptors (Lipinski definition) is 4. The molecule has 2 rings (SSSR count). The Hall–Kier alpha value is -1.88. The number of ether oxygens (including phenoxy) is 1. The van der Waals surface area contributed by atoms with Crippen LogP contribution in [-0.4, -0.2) is 36.4 Å². The molecule has 0 spiro atoms. The number of nitrogens with two attached hydrogens (primary N) is 1. The van der Waals surface area contributed by atoms with Crippen LogP contribution in [0.1, 0.15) is 12.0 Å². The summed E-state index contributed by atoms with van der Waals surface area (Å²) in [6.07, 6.45) is 0.693. The maximum atomic E-state index is 11.6. The lowest BCUT2D eigenvalue weighted by atomic mass is 10.1. The minimum absolute atomic E-state index is 0.116. The highest BCUT2D eigenvalue weighted by molar-refractivity contribution is 6.05. The van der Waals surface area contributed by atoms with Crippen molar-refractivity contribution in [1.29, 1.82) is 0 Å². The van der Waals surface area contributed by atoms with Gasteiger partial charge < -0.3 is 10.5 Å². The van der Waals surface area contributed by atoms with Gasteiger partial charge in [0.05, 0.1) is 19.6 Å². The third-order valence-corrected chi connectivity index (χ3v) is 3.08. The van der Waals surface area contributed by atoms with Crippen molar-refractivity contribution < 1.29 is 14.3 Å². The number of rotatable bonds is 4. The molecule has 1 saturated heterocycles. The molecule has 0 saturated carbocycles. The van der Waals surface area contributed by atoms with E-state index in [9.17, 15) is 9.59 Å². The Labute approximate surface area is 106 Å². The molecule has 1 unspecified atom stereocenters. The number of nitrogens with zero attached hydrogens (tertiary/aromatic N) is 1. The fourth-order valence-electron chi connectivity index (χ4n) is 2.09. The molecule has 1 atom stereocenters. The zero-order valence-corrected chi connectivity index (χ0v) is 10.3. The number of methoxy groups -OCH3 is 1. The molecule has 2 N–H and O–H groups in total. The first-order valence-electron chi connectivity index (χ1n) is 5.85. The quantitative estimate of drug-likeness (QED) is 0.779. The number of likely N-dealkylation sites (tertiary alicyclic amines) is 1. The van der Waals surface area contributed by atoms with Crippen LogP contribution in [0.4, 0.5) is 0 Å². The van der Waals surface area contributed by atoms with Gasteiger partial charge in [0.2, 0.25) is 11.8 Å². The summed E-state index contributed by atoms with van der Waals surface area (Å²) in [5.74, 6) is 0.290. The topological polar surface area (TPSA) is 72.6 Å². The van der Waals surface area contributed by atoms with Crippen LogP contribution in [0.3, 0.4) is 0 Å². The molecule has 5 heteroatoms. The number of carbonyl (C=O) groups is 2. The number of benzene rings is 1. The van der Waals surface area contributed by atoms with Crippen LogP contribution in [0.15, 0.2) is 24.3 Å². The van der Waals surface area contributed by atoms with Crippen LogP contribution in [-0.2, 0) is 16.0 Å². The number of amides is 2. The average Bonchev–Trinajstić information content (AvgIpc) is 2.62. The fraction of sp³-hybridized carbons (Fsp3) is 0.385. The van der Waals surface area contributed by atoms with E-state index in [0.29, 0.717) is 13.0 Å². The molecule has 0 bridgehead atoms. The predicted molar refractivity (Wildman–Crippen MR) is 66.0 cm³/mol. The first-order valence-corrected chi connectivity index (χ1v) is 5.85. The van der Waals surface area contributed by atoms with E-state index in [-0.39, 0.29) is 18.2 Å². The van der Waals surface area contributed by atoms with Gasteiger partial charge in [0.1, 0.15) is 5.75 Å². The Morgan fingerprint density at radius 3 is 2.72 bits per heavy atom. The standard InChI is InChI=1S/C13H16N2O3/c1-18-11-5-3-2-4-9(11)6-7-15-12(16)8-10(14)13(15)17/h2-5,10H,6-8,14H2,1H3.